The number of aromatic hydroxyl groups is 1. The van der Waals surface area contributed by atoms with Crippen molar-refractivity contribution in [2.24, 2.45) is 0 Å². The van der Waals surface area contributed by atoms with Gasteiger partial charge < -0.3 is 14.9 Å². The van der Waals surface area contributed by atoms with E-state index in [9.17, 15) is 18.3 Å². The van der Waals surface area contributed by atoms with Crippen LogP contribution < -0.4 is 4.74 Å². The number of rotatable bonds is 4. The highest BCUT2D eigenvalue weighted by molar-refractivity contribution is 5.67. The van der Waals surface area contributed by atoms with Crippen LogP contribution in [0, 0.1) is 0 Å². The lowest BCUT2D eigenvalue weighted by Gasteiger charge is -2.13. The molecule has 0 saturated heterocycles. The SMILES string of the molecule is OCCOc1cc(-c2cccc(O)c2)cc(C(F)(F)F)c1. The summed E-state index contributed by atoms with van der Waals surface area (Å²) in [5.41, 5.74) is -0.139. The van der Waals surface area contributed by atoms with E-state index < -0.39 is 11.7 Å². The van der Waals surface area contributed by atoms with E-state index in [0.717, 1.165) is 12.1 Å². The number of halogens is 3. The molecule has 0 radical (unpaired) electrons. The molecule has 0 fully saturated rings. The molecule has 2 aromatic carbocycles. The molecule has 0 amide bonds. The predicted molar refractivity (Wildman–Crippen MR) is 71.1 cm³/mol. The van der Waals surface area contributed by atoms with Crippen LogP contribution in [0.25, 0.3) is 11.1 Å². The van der Waals surface area contributed by atoms with E-state index in [1.165, 1.54) is 18.2 Å². The Labute approximate surface area is 119 Å². The van der Waals surface area contributed by atoms with Crippen molar-refractivity contribution in [2.75, 3.05) is 13.2 Å². The lowest BCUT2D eigenvalue weighted by Crippen LogP contribution is -2.07. The number of phenols is 1. The van der Waals surface area contributed by atoms with E-state index in [1.54, 1.807) is 12.1 Å². The molecule has 2 rings (SSSR count). The average molecular weight is 298 g/mol. The maximum absolute atomic E-state index is 12.9. The van der Waals surface area contributed by atoms with Crippen LogP contribution in [0.2, 0.25) is 0 Å². The molecule has 2 aromatic rings. The van der Waals surface area contributed by atoms with E-state index in [1.807, 2.05) is 0 Å². The first-order chi connectivity index (χ1) is 9.90. The van der Waals surface area contributed by atoms with Gasteiger partial charge in [-0.3, -0.25) is 0 Å². The fourth-order valence-corrected chi connectivity index (χ4v) is 1.86. The van der Waals surface area contributed by atoms with Gasteiger partial charge in [-0.05, 0) is 41.5 Å². The van der Waals surface area contributed by atoms with Crippen molar-refractivity contribution in [1.82, 2.24) is 0 Å². The minimum Gasteiger partial charge on any atom is -0.508 e. The molecule has 21 heavy (non-hydrogen) atoms. The van der Waals surface area contributed by atoms with E-state index in [0.29, 0.717) is 5.56 Å². The fourth-order valence-electron chi connectivity index (χ4n) is 1.86. The van der Waals surface area contributed by atoms with Crippen molar-refractivity contribution < 1.29 is 28.1 Å². The third-order valence-corrected chi connectivity index (χ3v) is 2.77. The molecule has 0 aliphatic carbocycles. The molecule has 0 heterocycles. The van der Waals surface area contributed by atoms with Crippen LogP contribution in [0.3, 0.4) is 0 Å². The first-order valence-electron chi connectivity index (χ1n) is 6.15. The van der Waals surface area contributed by atoms with Crippen LogP contribution in [-0.4, -0.2) is 23.4 Å². The maximum atomic E-state index is 12.9. The van der Waals surface area contributed by atoms with Crippen molar-refractivity contribution in [3.05, 3.63) is 48.0 Å². The first kappa shape index (κ1) is 15.2. The van der Waals surface area contributed by atoms with Crippen LogP contribution in [0.4, 0.5) is 13.2 Å². The van der Waals surface area contributed by atoms with Crippen LogP contribution in [0.5, 0.6) is 11.5 Å². The van der Waals surface area contributed by atoms with Gasteiger partial charge in [-0.2, -0.15) is 13.2 Å². The van der Waals surface area contributed by atoms with Crippen LogP contribution >= 0.6 is 0 Å². The third-order valence-electron chi connectivity index (χ3n) is 2.77. The van der Waals surface area contributed by atoms with Gasteiger partial charge in [-0.15, -0.1) is 0 Å². The lowest BCUT2D eigenvalue weighted by atomic mass is 10.0. The topological polar surface area (TPSA) is 49.7 Å². The predicted octanol–water partition coefficient (Wildman–Crippen LogP) is 3.45. The van der Waals surface area contributed by atoms with Gasteiger partial charge in [0.05, 0.1) is 12.2 Å². The number of aliphatic hydroxyl groups is 1. The van der Waals surface area contributed by atoms with Gasteiger partial charge in [0.15, 0.2) is 0 Å². The Balaban J connectivity index is 2.49. The van der Waals surface area contributed by atoms with E-state index in [2.05, 4.69) is 0 Å². The quantitative estimate of drug-likeness (QED) is 0.909. The molecule has 6 heteroatoms. The van der Waals surface area contributed by atoms with E-state index in [4.69, 9.17) is 9.84 Å². The van der Waals surface area contributed by atoms with Crippen molar-refractivity contribution in [1.29, 1.82) is 0 Å². The molecule has 0 aromatic heterocycles. The molecule has 2 N–H and O–H groups in total. The van der Waals surface area contributed by atoms with Crippen molar-refractivity contribution in [3.8, 4) is 22.6 Å². The van der Waals surface area contributed by atoms with E-state index >= 15 is 0 Å². The van der Waals surface area contributed by atoms with Crippen LogP contribution in [-0.2, 0) is 6.18 Å². The van der Waals surface area contributed by atoms with Crippen molar-refractivity contribution in [3.63, 3.8) is 0 Å². The second-order valence-corrected chi connectivity index (χ2v) is 4.37. The highest BCUT2D eigenvalue weighted by atomic mass is 19.4. The fraction of sp³-hybridized carbons (Fsp3) is 0.200. The third kappa shape index (κ3) is 3.88. The summed E-state index contributed by atoms with van der Waals surface area (Å²) < 4.78 is 43.8. The molecular weight excluding hydrogens is 285 g/mol. The number of aliphatic hydroxyl groups excluding tert-OH is 1. The Bertz CT molecular complexity index is 624. The van der Waals surface area contributed by atoms with Crippen molar-refractivity contribution in [2.45, 2.75) is 6.18 Å². The standard InChI is InChI=1S/C15H13F3O3/c16-15(17,18)12-6-11(8-14(9-12)21-5-4-19)10-2-1-3-13(20)7-10/h1-3,6-9,19-20H,4-5H2. The summed E-state index contributed by atoms with van der Waals surface area (Å²) >= 11 is 0. The number of ether oxygens (including phenoxy) is 1. The Morgan fingerprint density at radius 2 is 1.76 bits per heavy atom. The second kappa shape index (κ2) is 6.05. The molecule has 0 saturated carbocycles. The monoisotopic (exact) mass is 298 g/mol. The molecule has 0 bridgehead atoms. The zero-order chi connectivity index (χ0) is 15.5. The molecule has 0 aliphatic rings. The summed E-state index contributed by atoms with van der Waals surface area (Å²) in [5.74, 6) is -0.0278. The summed E-state index contributed by atoms with van der Waals surface area (Å²) in [4.78, 5) is 0. The van der Waals surface area contributed by atoms with Gasteiger partial charge in [0.1, 0.15) is 18.1 Å². The number of hydrogen-bond donors (Lipinski definition) is 2. The molecular formula is C15H13F3O3. The van der Waals surface area contributed by atoms with Gasteiger partial charge in [0.2, 0.25) is 0 Å². The maximum Gasteiger partial charge on any atom is 0.416 e. The largest absolute Gasteiger partial charge is 0.508 e. The molecule has 112 valence electrons. The number of alkyl halides is 3. The summed E-state index contributed by atoms with van der Waals surface area (Å²) in [6.45, 7) is -0.390. The Morgan fingerprint density at radius 1 is 1.00 bits per heavy atom. The molecule has 0 spiro atoms. The zero-order valence-electron chi connectivity index (χ0n) is 10.9. The van der Waals surface area contributed by atoms with E-state index in [-0.39, 0.29) is 30.3 Å². The molecule has 0 aliphatic heterocycles. The van der Waals surface area contributed by atoms with Gasteiger partial charge in [-0.25, -0.2) is 0 Å². The van der Waals surface area contributed by atoms with Gasteiger partial charge in [-0.1, -0.05) is 12.1 Å². The normalized spacial score (nSPS) is 11.4. The minimum absolute atomic E-state index is 0.0113. The van der Waals surface area contributed by atoms with Gasteiger partial charge in [0.25, 0.3) is 0 Å². The first-order valence-corrected chi connectivity index (χ1v) is 6.15. The summed E-state index contributed by atoms with van der Waals surface area (Å²) in [6, 6.07) is 9.22. The average Bonchev–Trinajstić information content (AvgIpc) is 2.44. The Kier molecular flexibility index (Phi) is 4.37. The molecule has 3 nitrogen and oxygen atoms in total. The highest BCUT2D eigenvalue weighted by Crippen LogP contribution is 2.36. The number of phenolic OH excluding ortho intramolecular Hbond substituents is 1. The molecule has 0 atom stereocenters. The van der Waals surface area contributed by atoms with Crippen LogP contribution in [0.1, 0.15) is 5.56 Å². The molecule has 0 unspecified atom stereocenters. The second-order valence-electron chi connectivity index (χ2n) is 4.37. The van der Waals surface area contributed by atoms with Gasteiger partial charge >= 0.3 is 6.18 Å². The van der Waals surface area contributed by atoms with Crippen molar-refractivity contribution >= 4 is 0 Å². The number of hydrogen-bond acceptors (Lipinski definition) is 3. The van der Waals surface area contributed by atoms with Gasteiger partial charge in [0, 0.05) is 0 Å². The summed E-state index contributed by atoms with van der Waals surface area (Å²) in [5, 5.41) is 18.1. The zero-order valence-corrected chi connectivity index (χ0v) is 10.9. The number of benzene rings is 2. The lowest BCUT2D eigenvalue weighted by molar-refractivity contribution is -0.137. The highest BCUT2D eigenvalue weighted by Gasteiger charge is 2.31. The Morgan fingerprint density at radius 3 is 2.38 bits per heavy atom. The summed E-state index contributed by atoms with van der Waals surface area (Å²) in [6.07, 6.45) is -4.51. The van der Waals surface area contributed by atoms with Crippen LogP contribution in [0.15, 0.2) is 42.5 Å². The minimum atomic E-state index is -4.51. The Hall–Kier alpha value is -2.21. The smallest absolute Gasteiger partial charge is 0.416 e. The summed E-state index contributed by atoms with van der Waals surface area (Å²) in [7, 11) is 0.